The third kappa shape index (κ3) is 2.16. The summed E-state index contributed by atoms with van der Waals surface area (Å²) in [6.45, 7) is 4.34. The molecule has 98 valence electrons. The van der Waals surface area contributed by atoms with Gasteiger partial charge in [-0.2, -0.15) is 0 Å². The highest BCUT2D eigenvalue weighted by Gasteiger charge is 2.32. The van der Waals surface area contributed by atoms with Gasteiger partial charge < -0.3 is 20.8 Å². The van der Waals surface area contributed by atoms with E-state index >= 15 is 0 Å². The Morgan fingerprint density at radius 2 is 1.94 bits per heavy atom. The number of nitrogens with zero attached hydrogens (tertiary/aromatic N) is 2. The molecule has 2 atom stereocenters. The molecule has 1 aromatic heterocycles. The van der Waals surface area contributed by atoms with Crippen molar-refractivity contribution < 1.29 is 10.2 Å². The largest absolute Gasteiger partial charge is 0.389 e. The van der Waals surface area contributed by atoms with Gasteiger partial charge in [0.25, 0.3) is 0 Å². The van der Waals surface area contributed by atoms with Crippen LogP contribution in [0.2, 0.25) is 0 Å². The molecule has 0 saturated carbocycles. The molecule has 0 aromatic carbocycles. The van der Waals surface area contributed by atoms with Crippen LogP contribution in [0.4, 0.5) is 5.82 Å². The van der Waals surface area contributed by atoms with E-state index in [4.69, 9.17) is 11.1 Å². The normalized spacial score (nSPS) is 23.4. The van der Waals surface area contributed by atoms with Crippen molar-refractivity contribution in [1.82, 2.24) is 4.98 Å². The first-order chi connectivity index (χ1) is 8.40. The molecule has 6 nitrogen and oxygen atoms in total. The first kappa shape index (κ1) is 12.8. The fourth-order valence-corrected chi connectivity index (χ4v) is 2.32. The quantitative estimate of drug-likeness (QED) is 0.419. The second-order valence-electron chi connectivity index (χ2n) is 4.73. The molecule has 0 radical (unpaired) electrons. The minimum absolute atomic E-state index is 0.0501. The fourth-order valence-electron chi connectivity index (χ4n) is 2.32. The van der Waals surface area contributed by atoms with E-state index in [2.05, 4.69) is 4.98 Å². The number of aliphatic hydroxyl groups is 2. The Bertz CT molecular complexity index is 479. The van der Waals surface area contributed by atoms with E-state index in [0.29, 0.717) is 24.5 Å². The summed E-state index contributed by atoms with van der Waals surface area (Å²) < 4.78 is 0. The van der Waals surface area contributed by atoms with E-state index in [1.165, 1.54) is 0 Å². The molecule has 5 N–H and O–H groups in total. The van der Waals surface area contributed by atoms with Crippen molar-refractivity contribution in [2.75, 3.05) is 18.0 Å². The molecule has 18 heavy (non-hydrogen) atoms. The zero-order valence-electron chi connectivity index (χ0n) is 10.5. The maximum atomic E-state index is 9.59. The molecule has 1 fully saturated rings. The number of hydrogen-bond acceptors (Lipinski definition) is 5. The van der Waals surface area contributed by atoms with Gasteiger partial charge in [0.2, 0.25) is 0 Å². The Morgan fingerprint density at radius 1 is 1.39 bits per heavy atom. The van der Waals surface area contributed by atoms with Gasteiger partial charge in [0, 0.05) is 18.8 Å². The highest BCUT2D eigenvalue weighted by molar-refractivity contribution is 6.01. The zero-order valence-corrected chi connectivity index (χ0v) is 10.5. The number of aromatic nitrogens is 1. The van der Waals surface area contributed by atoms with Gasteiger partial charge >= 0.3 is 0 Å². The van der Waals surface area contributed by atoms with Crippen LogP contribution in [0.5, 0.6) is 0 Å². The Hall–Kier alpha value is -1.66. The van der Waals surface area contributed by atoms with Crippen molar-refractivity contribution in [3.63, 3.8) is 0 Å². The van der Waals surface area contributed by atoms with Gasteiger partial charge in [-0.15, -0.1) is 0 Å². The van der Waals surface area contributed by atoms with Gasteiger partial charge in [-0.25, -0.2) is 4.98 Å². The summed E-state index contributed by atoms with van der Waals surface area (Å²) in [6.07, 6.45) is -1.57. The highest BCUT2D eigenvalue weighted by atomic mass is 16.3. The van der Waals surface area contributed by atoms with Crippen LogP contribution in [0.25, 0.3) is 0 Å². The number of nitrogens with two attached hydrogens (primary N) is 1. The Morgan fingerprint density at radius 3 is 2.44 bits per heavy atom. The van der Waals surface area contributed by atoms with Crippen molar-refractivity contribution in [1.29, 1.82) is 5.41 Å². The minimum Gasteiger partial charge on any atom is -0.389 e. The van der Waals surface area contributed by atoms with Crippen molar-refractivity contribution in [3.05, 3.63) is 22.9 Å². The number of nitrogen functional groups attached to an aromatic ring is 1. The average Bonchev–Trinajstić information content (AvgIpc) is 2.57. The molecule has 2 rings (SSSR count). The maximum Gasteiger partial charge on any atom is 0.140 e. The van der Waals surface area contributed by atoms with Gasteiger partial charge in [-0.1, -0.05) is 0 Å². The summed E-state index contributed by atoms with van der Waals surface area (Å²) in [5.41, 5.74) is 7.86. The first-order valence-corrected chi connectivity index (χ1v) is 5.84. The lowest BCUT2D eigenvalue weighted by molar-refractivity contribution is 0.0572. The van der Waals surface area contributed by atoms with Crippen molar-refractivity contribution >= 4 is 11.7 Å². The Balaban J connectivity index is 2.47. The van der Waals surface area contributed by atoms with Gasteiger partial charge in [0.05, 0.1) is 17.8 Å². The average molecular weight is 250 g/mol. The molecule has 0 amide bonds. The molecule has 6 heteroatoms. The van der Waals surface area contributed by atoms with E-state index < -0.39 is 12.2 Å². The van der Waals surface area contributed by atoms with Gasteiger partial charge in [-0.3, -0.25) is 5.41 Å². The lowest BCUT2D eigenvalue weighted by atomic mass is 10.1. The van der Waals surface area contributed by atoms with Crippen LogP contribution < -0.4 is 10.6 Å². The van der Waals surface area contributed by atoms with Crippen LogP contribution in [0, 0.1) is 19.3 Å². The molecular weight excluding hydrogens is 232 g/mol. The Labute approximate surface area is 106 Å². The first-order valence-electron chi connectivity index (χ1n) is 5.84. The summed E-state index contributed by atoms with van der Waals surface area (Å²) in [5.74, 6) is 0.515. The van der Waals surface area contributed by atoms with Crippen LogP contribution in [0.3, 0.4) is 0 Å². The monoisotopic (exact) mass is 250 g/mol. The molecular formula is C12H18N4O2. The molecule has 2 heterocycles. The predicted octanol–water partition coefficient (Wildman–Crippen LogP) is -0.476. The number of amidine groups is 1. The van der Waals surface area contributed by atoms with Crippen LogP contribution in [-0.4, -0.2) is 46.3 Å². The number of hydrogen-bond donors (Lipinski definition) is 4. The van der Waals surface area contributed by atoms with Crippen LogP contribution in [-0.2, 0) is 0 Å². The zero-order chi connectivity index (χ0) is 13.4. The number of anilines is 1. The van der Waals surface area contributed by atoms with E-state index in [1.807, 2.05) is 19.9 Å². The van der Waals surface area contributed by atoms with Crippen molar-refractivity contribution in [2.45, 2.75) is 26.1 Å². The molecule has 1 aliphatic heterocycles. The number of pyridine rings is 1. The van der Waals surface area contributed by atoms with Crippen molar-refractivity contribution in [2.24, 2.45) is 5.73 Å². The number of aliphatic hydroxyl groups excluding tert-OH is 2. The van der Waals surface area contributed by atoms with Gasteiger partial charge in [-0.05, 0) is 25.5 Å². The van der Waals surface area contributed by atoms with E-state index in [9.17, 15) is 10.2 Å². The third-order valence-corrected chi connectivity index (χ3v) is 3.15. The standard InChI is InChI=1S/C12H18N4O2/c1-6-3-7(2)15-12(10(6)11(13)14)16-4-8(17)9(18)5-16/h3,8-9,17-18H,4-5H2,1-2H3,(H3,13,14). The van der Waals surface area contributed by atoms with Gasteiger partial charge in [0.15, 0.2) is 0 Å². The topological polar surface area (TPSA) is 106 Å². The fraction of sp³-hybridized carbons (Fsp3) is 0.500. The molecule has 0 bridgehead atoms. The van der Waals surface area contributed by atoms with E-state index in [1.54, 1.807) is 4.90 Å². The Kier molecular flexibility index (Phi) is 3.23. The second kappa shape index (κ2) is 4.55. The van der Waals surface area contributed by atoms with Gasteiger partial charge in [0.1, 0.15) is 11.7 Å². The highest BCUT2D eigenvalue weighted by Crippen LogP contribution is 2.25. The predicted molar refractivity (Wildman–Crippen MR) is 69.0 cm³/mol. The summed E-state index contributed by atoms with van der Waals surface area (Å²) in [7, 11) is 0. The summed E-state index contributed by atoms with van der Waals surface area (Å²) in [5, 5.41) is 26.8. The number of β-amino-alcohol motifs (C(OH)–C–C–N with tert-alkyl or cyclic N) is 2. The molecule has 0 aliphatic carbocycles. The second-order valence-corrected chi connectivity index (χ2v) is 4.73. The molecule has 0 spiro atoms. The minimum atomic E-state index is -0.785. The SMILES string of the molecule is Cc1cc(C)c(C(=N)N)c(N2CC(O)C(O)C2)n1. The van der Waals surface area contributed by atoms with E-state index in [0.717, 1.165) is 11.3 Å². The number of nitrogens with one attached hydrogen (secondary N) is 1. The summed E-state index contributed by atoms with van der Waals surface area (Å²) in [4.78, 5) is 6.16. The van der Waals surface area contributed by atoms with Crippen LogP contribution in [0.15, 0.2) is 6.07 Å². The van der Waals surface area contributed by atoms with Crippen LogP contribution >= 0.6 is 0 Å². The lowest BCUT2D eigenvalue weighted by Crippen LogP contribution is -2.27. The summed E-state index contributed by atoms with van der Waals surface area (Å²) >= 11 is 0. The summed E-state index contributed by atoms with van der Waals surface area (Å²) in [6, 6.07) is 1.86. The molecule has 2 unspecified atom stereocenters. The number of rotatable bonds is 2. The molecule has 1 aromatic rings. The molecule has 1 aliphatic rings. The molecule has 1 saturated heterocycles. The number of aryl methyl sites for hydroxylation is 2. The van der Waals surface area contributed by atoms with E-state index in [-0.39, 0.29) is 5.84 Å². The third-order valence-electron chi connectivity index (χ3n) is 3.15. The maximum absolute atomic E-state index is 9.59. The van der Waals surface area contributed by atoms with Crippen molar-refractivity contribution in [3.8, 4) is 0 Å². The lowest BCUT2D eigenvalue weighted by Gasteiger charge is -2.21. The smallest absolute Gasteiger partial charge is 0.140 e. The van der Waals surface area contributed by atoms with Crippen LogP contribution in [0.1, 0.15) is 16.8 Å².